The summed E-state index contributed by atoms with van der Waals surface area (Å²) in [6.45, 7) is 13.3. The van der Waals surface area contributed by atoms with Gasteiger partial charge in [-0.1, -0.05) is 58.5 Å². The Morgan fingerprint density at radius 3 is 2.12 bits per heavy atom. The Morgan fingerprint density at radius 2 is 1.56 bits per heavy atom. The van der Waals surface area contributed by atoms with E-state index in [1.807, 2.05) is 6.08 Å². The fourth-order valence-corrected chi connectivity index (χ4v) is 2.73. The second-order valence-electron chi connectivity index (χ2n) is 6.28. The van der Waals surface area contributed by atoms with Crippen LogP contribution in [0.1, 0.15) is 57.2 Å². The van der Waals surface area contributed by atoms with Crippen LogP contribution < -0.4 is 0 Å². The molecule has 0 bridgehead atoms. The highest BCUT2D eigenvalue weighted by Gasteiger charge is 2.36. The van der Waals surface area contributed by atoms with Crippen molar-refractivity contribution in [2.75, 3.05) is 0 Å². The number of hydrogen-bond donors (Lipinski definition) is 0. The summed E-state index contributed by atoms with van der Waals surface area (Å²) in [5, 5.41) is 0. The van der Waals surface area contributed by atoms with E-state index in [1.165, 1.54) is 29.5 Å². The summed E-state index contributed by atoms with van der Waals surface area (Å²) in [5.74, 6) is 0. The lowest BCUT2D eigenvalue weighted by Gasteiger charge is -2.42. The molecule has 0 nitrogen and oxygen atoms in total. The average Bonchev–Trinajstić information content (AvgIpc) is 2.24. The van der Waals surface area contributed by atoms with Crippen molar-refractivity contribution in [1.29, 1.82) is 0 Å². The van der Waals surface area contributed by atoms with Gasteiger partial charge < -0.3 is 0 Å². The largest absolute Gasteiger partial charge is 0.0985 e. The minimum atomic E-state index is 0.309. The first-order valence-corrected chi connectivity index (χ1v) is 6.14. The highest BCUT2D eigenvalue weighted by molar-refractivity contribution is 5.53. The Labute approximate surface area is 99.4 Å². The molecule has 0 saturated carbocycles. The molecule has 1 aliphatic rings. The van der Waals surface area contributed by atoms with Crippen molar-refractivity contribution < 1.29 is 0 Å². The topological polar surface area (TPSA) is 0 Å². The van der Waals surface area contributed by atoms with Gasteiger partial charge in [-0.25, -0.2) is 0 Å². The van der Waals surface area contributed by atoms with E-state index in [0.29, 0.717) is 10.8 Å². The molecule has 0 spiro atoms. The van der Waals surface area contributed by atoms with Crippen LogP contribution in [0.2, 0.25) is 0 Å². The third-order valence-corrected chi connectivity index (χ3v) is 4.11. The molecule has 0 heteroatoms. The van der Waals surface area contributed by atoms with Gasteiger partial charge >= 0.3 is 0 Å². The second kappa shape index (κ2) is 3.48. The highest BCUT2D eigenvalue weighted by Crippen LogP contribution is 2.45. The van der Waals surface area contributed by atoms with E-state index in [-0.39, 0.29) is 0 Å². The van der Waals surface area contributed by atoms with Gasteiger partial charge in [0.05, 0.1) is 0 Å². The van der Waals surface area contributed by atoms with Gasteiger partial charge in [-0.3, -0.25) is 0 Å². The summed E-state index contributed by atoms with van der Waals surface area (Å²) in [6.07, 6.45) is 4.49. The Kier molecular flexibility index (Phi) is 2.49. The number of benzene rings is 1. The fourth-order valence-electron chi connectivity index (χ4n) is 2.73. The van der Waals surface area contributed by atoms with E-state index < -0.39 is 0 Å². The van der Waals surface area contributed by atoms with Crippen LogP contribution in [0.4, 0.5) is 0 Å². The molecule has 0 N–H and O–H groups in total. The molecule has 2 rings (SSSR count). The molecule has 0 saturated heterocycles. The van der Waals surface area contributed by atoms with Gasteiger partial charge in [-0.2, -0.15) is 0 Å². The summed E-state index contributed by atoms with van der Waals surface area (Å²) in [5.41, 5.74) is 4.91. The summed E-state index contributed by atoms with van der Waals surface area (Å²) in [6, 6.07) is 6.81. The van der Waals surface area contributed by atoms with Gasteiger partial charge in [-0.15, -0.1) is 0 Å². The first kappa shape index (κ1) is 11.4. The summed E-state index contributed by atoms with van der Waals surface area (Å²) in [7, 11) is 0. The molecule has 0 aromatic heterocycles. The SMILES string of the molecule is C=Cc1ccc2c(c1)C(C)(C)CCC2(C)C. The normalized spacial score (nSPS) is 21.2. The molecule has 0 heterocycles. The molecule has 1 aromatic carbocycles. The highest BCUT2D eigenvalue weighted by atomic mass is 14.4. The van der Waals surface area contributed by atoms with Gasteiger partial charge in [0.1, 0.15) is 0 Å². The van der Waals surface area contributed by atoms with Crippen molar-refractivity contribution in [1.82, 2.24) is 0 Å². The van der Waals surface area contributed by atoms with Gasteiger partial charge in [0.25, 0.3) is 0 Å². The van der Waals surface area contributed by atoms with Gasteiger partial charge in [-0.05, 0) is 40.4 Å². The third kappa shape index (κ3) is 1.71. The number of rotatable bonds is 1. The number of fused-ring (bicyclic) bond motifs is 1. The smallest absolute Gasteiger partial charge is 0.0100 e. The zero-order valence-electron chi connectivity index (χ0n) is 10.9. The molecular formula is C16H22. The van der Waals surface area contributed by atoms with E-state index >= 15 is 0 Å². The molecule has 0 unspecified atom stereocenters. The molecule has 1 aliphatic carbocycles. The zero-order chi connectivity index (χ0) is 12.0. The van der Waals surface area contributed by atoms with E-state index in [2.05, 4.69) is 52.5 Å². The number of hydrogen-bond acceptors (Lipinski definition) is 0. The van der Waals surface area contributed by atoms with Crippen molar-refractivity contribution in [2.45, 2.75) is 51.4 Å². The van der Waals surface area contributed by atoms with Crippen molar-refractivity contribution in [3.63, 3.8) is 0 Å². The molecule has 0 atom stereocenters. The first-order valence-electron chi connectivity index (χ1n) is 6.14. The van der Waals surface area contributed by atoms with Gasteiger partial charge in [0, 0.05) is 0 Å². The molecule has 1 aromatic rings. The van der Waals surface area contributed by atoms with Crippen LogP contribution in [0, 0.1) is 0 Å². The summed E-state index contributed by atoms with van der Waals surface area (Å²) in [4.78, 5) is 0. The monoisotopic (exact) mass is 214 g/mol. The summed E-state index contributed by atoms with van der Waals surface area (Å²) >= 11 is 0. The first-order chi connectivity index (χ1) is 7.37. The van der Waals surface area contributed by atoms with Gasteiger partial charge in [0.2, 0.25) is 0 Å². The average molecular weight is 214 g/mol. The van der Waals surface area contributed by atoms with Crippen LogP contribution in [0.5, 0.6) is 0 Å². The molecule has 0 amide bonds. The summed E-state index contributed by atoms with van der Waals surface area (Å²) < 4.78 is 0. The van der Waals surface area contributed by atoms with Crippen LogP contribution in [0.15, 0.2) is 24.8 Å². The zero-order valence-corrected chi connectivity index (χ0v) is 10.9. The predicted octanol–water partition coefficient (Wildman–Crippen LogP) is 4.68. The lowest BCUT2D eigenvalue weighted by molar-refractivity contribution is 0.332. The Balaban J connectivity index is 2.65. The van der Waals surface area contributed by atoms with Crippen LogP contribution in [0.3, 0.4) is 0 Å². The van der Waals surface area contributed by atoms with Crippen LogP contribution in [0.25, 0.3) is 6.08 Å². The Hall–Kier alpha value is -1.04. The Morgan fingerprint density at radius 1 is 1.00 bits per heavy atom. The van der Waals surface area contributed by atoms with Crippen LogP contribution >= 0.6 is 0 Å². The maximum absolute atomic E-state index is 3.86. The van der Waals surface area contributed by atoms with Crippen molar-refractivity contribution >= 4 is 6.08 Å². The van der Waals surface area contributed by atoms with E-state index in [0.717, 1.165) is 0 Å². The standard InChI is InChI=1S/C16H22/c1-6-12-7-8-13-14(11-12)16(4,5)10-9-15(13,2)3/h6-8,11H,1,9-10H2,2-5H3. The van der Waals surface area contributed by atoms with Crippen LogP contribution in [-0.4, -0.2) is 0 Å². The quantitative estimate of drug-likeness (QED) is 0.637. The molecule has 0 radical (unpaired) electrons. The molecule has 86 valence electrons. The van der Waals surface area contributed by atoms with E-state index in [1.54, 1.807) is 0 Å². The minimum absolute atomic E-state index is 0.309. The maximum Gasteiger partial charge on any atom is -0.0100 e. The third-order valence-electron chi connectivity index (χ3n) is 4.11. The minimum Gasteiger partial charge on any atom is -0.0985 e. The lowest BCUT2D eigenvalue weighted by atomic mass is 9.63. The fraction of sp³-hybridized carbons (Fsp3) is 0.500. The Bertz CT molecular complexity index is 422. The van der Waals surface area contributed by atoms with E-state index in [4.69, 9.17) is 0 Å². The maximum atomic E-state index is 3.86. The van der Waals surface area contributed by atoms with Crippen molar-refractivity contribution in [3.8, 4) is 0 Å². The molecule has 16 heavy (non-hydrogen) atoms. The van der Waals surface area contributed by atoms with Crippen LogP contribution in [-0.2, 0) is 10.8 Å². The van der Waals surface area contributed by atoms with Crippen molar-refractivity contribution in [3.05, 3.63) is 41.5 Å². The molecule has 0 aliphatic heterocycles. The predicted molar refractivity (Wildman–Crippen MR) is 71.8 cm³/mol. The molecule has 0 fully saturated rings. The molecular weight excluding hydrogens is 192 g/mol. The van der Waals surface area contributed by atoms with E-state index in [9.17, 15) is 0 Å². The second-order valence-corrected chi connectivity index (χ2v) is 6.28. The van der Waals surface area contributed by atoms with Gasteiger partial charge in [0.15, 0.2) is 0 Å². The lowest BCUT2D eigenvalue weighted by Crippen LogP contribution is -2.33. The van der Waals surface area contributed by atoms with Crippen molar-refractivity contribution in [2.24, 2.45) is 0 Å².